The van der Waals surface area contributed by atoms with Crippen LogP contribution in [0, 0.1) is 13.8 Å². The molecule has 1 aliphatic heterocycles. The minimum absolute atomic E-state index is 0.746. The standard InChI is InChI=1S/C24H31NO/c1-16-12-23(26-4)13-17(2)24(16)21-8-7-20-15-22(10-9-19(20)14-21)25-11-5-6-18(25)3/h7-8,12-14,18,22H,5-6,9-11,15H2,1-4H3. The Kier molecular flexibility index (Phi) is 4.79. The molecule has 2 aromatic carbocycles. The molecule has 2 heteroatoms. The summed E-state index contributed by atoms with van der Waals surface area (Å²) in [6.07, 6.45) is 6.49. The topological polar surface area (TPSA) is 12.5 Å². The molecule has 2 atom stereocenters. The van der Waals surface area contributed by atoms with Gasteiger partial charge < -0.3 is 4.74 Å². The van der Waals surface area contributed by atoms with Crippen molar-refractivity contribution in [3.63, 3.8) is 0 Å². The van der Waals surface area contributed by atoms with Gasteiger partial charge in [-0.05, 0) is 105 Å². The number of methoxy groups -OCH3 is 1. The van der Waals surface area contributed by atoms with Gasteiger partial charge in [-0.1, -0.05) is 18.2 Å². The smallest absolute Gasteiger partial charge is 0.119 e. The molecule has 138 valence electrons. The van der Waals surface area contributed by atoms with Crippen LogP contribution in [0.1, 0.15) is 48.4 Å². The van der Waals surface area contributed by atoms with Crippen LogP contribution in [0.3, 0.4) is 0 Å². The lowest BCUT2D eigenvalue weighted by Gasteiger charge is -2.35. The molecule has 2 aliphatic rings. The number of aryl methyl sites for hydroxylation is 3. The largest absolute Gasteiger partial charge is 0.497 e. The molecule has 2 unspecified atom stereocenters. The molecule has 2 nitrogen and oxygen atoms in total. The van der Waals surface area contributed by atoms with Crippen molar-refractivity contribution in [2.75, 3.05) is 13.7 Å². The first-order valence-corrected chi connectivity index (χ1v) is 10.1. The first kappa shape index (κ1) is 17.6. The highest BCUT2D eigenvalue weighted by Gasteiger charge is 2.30. The van der Waals surface area contributed by atoms with Crippen molar-refractivity contribution in [2.24, 2.45) is 0 Å². The van der Waals surface area contributed by atoms with Crippen LogP contribution in [0.15, 0.2) is 30.3 Å². The van der Waals surface area contributed by atoms with Crippen molar-refractivity contribution in [3.8, 4) is 16.9 Å². The fraction of sp³-hybridized carbons (Fsp3) is 0.500. The molecule has 0 N–H and O–H groups in total. The minimum Gasteiger partial charge on any atom is -0.497 e. The van der Waals surface area contributed by atoms with Gasteiger partial charge in [0.05, 0.1) is 7.11 Å². The van der Waals surface area contributed by atoms with Crippen molar-refractivity contribution < 1.29 is 4.74 Å². The first-order valence-electron chi connectivity index (χ1n) is 10.1. The number of benzene rings is 2. The highest BCUT2D eigenvalue weighted by atomic mass is 16.5. The molecule has 0 amide bonds. The third-order valence-electron chi connectivity index (χ3n) is 6.51. The summed E-state index contributed by atoms with van der Waals surface area (Å²) in [4.78, 5) is 2.76. The summed E-state index contributed by atoms with van der Waals surface area (Å²) in [5.41, 5.74) is 8.43. The molecule has 0 spiro atoms. The molecule has 1 saturated heterocycles. The Morgan fingerprint density at radius 3 is 2.42 bits per heavy atom. The molecule has 4 rings (SSSR count). The molecule has 0 bridgehead atoms. The van der Waals surface area contributed by atoms with E-state index < -0.39 is 0 Å². The van der Waals surface area contributed by atoms with E-state index in [1.54, 1.807) is 18.2 Å². The zero-order valence-electron chi connectivity index (χ0n) is 16.6. The van der Waals surface area contributed by atoms with Crippen molar-refractivity contribution >= 4 is 0 Å². The third-order valence-corrected chi connectivity index (χ3v) is 6.51. The zero-order valence-corrected chi connectivity index (χ0v) is 16.6. The van der Waals surface area contributed by atoms with Crippen LogP contribution in [-0.2, 0) is 12.8 Å². The maximum absolute atomic E-state index is 5.42. The van der Waals surface area contributed by atoms with Crippen molar-refractivity contribution in [3.05, 3.63) is 52.6 Å². The van der Waals surface area contributed by atoms with E-state index in [2.05, 4.69) is 56.0 Å². The van der Waals surface area contributed by atoms with Crippen LogP contribution in [0.2, 0.25) is 0 Å². The van der Waals surface area contributed by atoms with Gasteiger partial charge in [0.25, 0.3) is 0 Å². The van der Waals surface area contributed by atoms with Gasteiger partial charge in [-0.15, -0.1) is 0 Å². The van der Waals surface area contributed by atoms with Crippen molar-refractivity contribution in [2.45, 2.75) is 65.0 Å². The fourth-order valence-corrected chi connectivity index (χ4v) is 5.17. The molecular weight excluding hydrogens is 318 g/mol. The Balaban J connectivity index is 1.61. The van der Waals surface area contributed by atoms with Crippen molar-refractivity contribution in [1.82, 2.24) is 4.90 Å². The highest BCUT2D eigenvalue weighted by Crippen LogP contribution is 2.35. The van der Waals surface area contributed by atoms with Crippen LogP contribution in [0.4, 0.5) is 0 Å². The van der Waals surface area contributed by atoms with Crippen LogP contribution >= 0.6 is 0 Å². The lowest BCUT2D eigenvalue weighted by molar-refractivity contribution is 0.174. The van der Waals surface area contributed by atoms with Crippen molar-refractivity contribution in [1.29, 1.82) is 0 Å². The van der Waals surface area contributed by atoms with Crippen LogP contribution in [-0.4, -0.2) is 30.6 Å². The molecule has 0 aromatic heterocycles. The summed E-state index contributed by atoms with van der Waals surface area (Å²) in [5, 5.41) is 0. The molecule has 1 heterocycles. The monoisotopic (exact) mass is 349 g/mol. The van der Waals surface area contributed by atoms with Gasteiger partial charge in [-0.3, -0.25) is 4.90 Å². The average Bonchev–Trinajstić information content (AvgIpc) is 3.06. The minimum atomic E-state index is 0.746. The maximum atomic E-state index is 5.42. The SMILES string of the molecule is COc1cc(C)c(-c2ccc3c(c2)CCC(N2CCCC2C)C3)c(C)c1. The van der Waals surface area contributed by atoms with Gasteiger partial charge in [-0.25, -0.2) is 0 Å². The summed E-state index contributed by atoms with van der Waals surface area (Å²) in [6.45, 7) is 8.08. The Bertz CT molecular complexity index is 787. The maximum Gasteiger partial charge on any atom is 0.119 e. The average molecular weight is 350 g/mol. The number of hydrogen-bond acceptors (Lipinski definition) is 2. The second-order valence-electron chi connectivity index (χ2n) is 8.25. The van der Waals surface area contributed by atoms with Gasteiger partial charge in [0.1, 0.15) is 5.75 Å². The molecule has 1 fully saturated rings. The second kappa shape index (κ2) is 7.08. The lowest BCUT2D eigenvalue weighted by atomic mass is 9.84. The Labute approximate surface area is 158 Å². The molecule has 0 saturated carbocycles. The molecular formula is C24H31NO. The van der Waals surface area contributed by atoms with Gasteiger partial charge in [-0.2, -0.15) is 0 Å². The molecule has 2 aromatic rings. The third kappa shape index (κ3) is 3.16. The summed E-state index contributed by atoms with van der Waals surface area (Å²) >= 11 is 0. The van der Waals surface area contributed by atoms with E-state index in [0.29, 0.717) is 0 Å². The van der Waals surface area contributed by atoms with E-state index >= 15 is 0 Å². The summed E-state index contributed by atoms with van der Waals surface area (Å²) < 4.78 is 5.42. The lowest BCUT2D eigenvalue weighted by Crippen LogP contribution is -2.41. The van der Waals surface area contributed by atoms with Gasteiger partial charge in [0, 0.05) is 12.1 Å². The van der Waals surface area contributed by atoms with E-state index in [-0.39, 0.29) is 0 Å². The van der Waals surface area contributed by atoms with Gasteiger partial charge in [0.2, 0.25) is 0 Å². The molecule has 26 heavy (non-hydrogen) atoms. The number of ether oxygens (including phenoxy) is 1. The Morgan fingerprint density at radius 1 is 1.00 bits per heavy atom. The fourth-order valence-electron chi connectivity index (χ4n) is 5.17. The second-order valence-corrected chi connectivity index (χ2v) is 8.25. The van der Waals surface area contributed by atoms with E-state index in [4.69, 9.17) is 4.74 Å². The number of nitrogens with zero attached hydrogens (tertiary/aromatic N) is 1. The summed E-state index contributed by atoms with van der Waals surface area (Å²) in [7, 11) is 1.74. The van der Waals surface area contributed by atoms with Crippen LogP contribution < -0.4 is 4.74 Å². The number of rotatable bonds is 3. The van der Waals surface area contributed by atoms with Crippen LogP contribution in [0.5, 0.6) is 5.75 Å². The van der Waals surface area contributed by atoms with E-state index in [0.717, 1.165) is 17.8 Å². The summed E-state index contributed by atoms with van der Waals surface area (Å²) in [5.74, 6) is 0.948. The predicted octanol–water partition coefficient (Wildman–Crippen LogP) is 5.32. The normalized spacial score (nSPS) is 23.1. The number of hydrogen-bond donors (Lipinski definition) is 0. The van der Waals surface area contributed by atoms with Gasteiger partial charge >= 0.3 is 0 Å². The highest BCUT2D eigenvalue weighted by molar-refractivity contribution is 5.73. The van der Waals surface area contributed by atoms with Gasteiger partial charge in [0.15, 0.2) is 0 Å². The summed E-state index contributed by atoms with van der Waals surface area (Å²) in [6, 6.07) is 13.0. The quantitative estimate of drug-likeness (QED) is 0.743. The Hall–Kier alpha value is -1.80. The first-order chi connectivity index (χ1) is 12.6. The zero-order chi connectivity index (χ0) is 18.3. The van der Waals surface area contributed by atoms with E-state index in [9.17, 15) is 0 Å². The Morgan fingerprint density at radius 2 is 1.77 bits per heavy atom. The van der Waals surface area contributed by atoms with E-state index in [1.807, 2.05) is 0 Å². The number of fused-ring (bicyclic) bond motifs is 1. The van der Waals surface area contributed by atoms with E-state index in [1.165, 1.54) is 60.9 Å². The number of likely N-dealkylation sites (tertiary alicyclic amines) is 1. The predicted molar refractivity (Wildman–Crippen MR) is 109 cm³/mol. The molecule has 1 aliphatic carbocycles. The molecule has 0 radical (unpaired) electrons. The van der Waals surface area contributed by atoms with Crippen LogP contribution in [0.25, 0.3) is 11.1 Å².